The van der Waals surface area contributed by atoms with Crippen LogP contribution < -0.4 is 9.47 Å². The van der Waals surface area contributed by atoms with E-state index in [1.807, 2.05) is 6.07 Å². The molecule has 0 bridgehead atoms. The third kappa shape index (κ3) is 3.69. The van der Waals surface area contributed by atoms with Gasteiger partial charge in [-0.3, -0.25) is 14.6 Å². The summed E-state index contributed by atoms with van der Waals surface area (Å²) in [6, 6.07) is 16.6. The van der Waals surface area contributed by atoms with Gasteiger partial charge in [-0.15, -0.1) is 0 Å². The van der Waals surface area contributed by atoms with Crippen LogP contribution in [0.5, 0.6) is 11.5 Å². The van der Waals surface area contributed by atoms with Crippen molar-refractivity contribution in [1.82, 2.24) is 9.88 Å². The molecular formula is C25H22N2O5. The van der Waals surface area contributed by atoms with Crippen LogP contribution in [0.15, 0.2) is 78.6 Å². The number of likely N-dealkylation sites (tertiary alicyclic amines) is 1. The molecule has 1 atom stereocenters. The lowest BCUT2D eigenvalue weighted by atomic mass is 9.94. The van der Waals surface area contributed by atoms with Gasteiger partial charge in [0.1, 0.15) is 5.76 Å². The fourth-order valence-electron chi connectivity index (χ4n) is 3.93. The monoisotopic (exact) mass is 430 g/mol. The molecule has 1 saturated heterocycles. The average Bonchev–Trinajstić information content (AvgIpc) is 3.09. The lowest BCUT2D eigenvalue weighted by Crippen LogP contribution is -2.29. The van der Waals surface area contributed by atoms with E-state index in [9.17, 15) is 14.7 Å². The molecule has 2 heterocycles. The highest BCUT2D eigenvalue weighted by Crippen LogP contribution is 2.45. The van der Waals surface area contributed by atoms with Gasteiger partial charge in [-0.1, -0.05) is 48.5 Å². The summed E-state index contributed by atoms with van der Waals surface area (Å²) in [6.45, 7) is 0.134. The molecule has 3 aromatic rings. The van der Waals surface area contributed by atoms with Crippen LogP contribution in [-0.2, 0) is 16.1 Å². The number of nitrogens with zero attached hydrogens (tertiary/aromatic N) is 2. The first-order chi connectivity index (χ1) is 15.6. The molecular weight excluding hydrogens is 408 g/mol. The van der Waals surface area contributed by atoms with Crippen molar-refractivity contribution >= 4 is 17.4 Å². The van der Waals surface area contributed by atoms with Crippen LogP contribution in [0.25, 0.3) is 5.76 Å². The van der Waals surface area contributed by atoms with Crippen molar-refractivity contribution in [2.24, 2.45) is 0 Å². The highest BCUT2D eigenvalue weighted by Gasteiger charge is 2.47. The summed E-state index contributed by atoms with van der Waals surface area (Å²) in [4.78, 5) is 31.8. The highest BCUT2D eigenvalue weighted by atomic mass is 16.5. The average molecular weight is 430 g/mol. The summed E-state index contributed by atoms with van der Waals surface area (Å²) in [5.41, 5.74) is 1.73. The van der Waals surface area contributed by atoms with Crippen molar-refractivity contribution in [1.29, 1.82) is 0 Å². The maximum absolute atomic E-state index is 13.2. The Hall–Kier alpha value is -4.13. The summed E-state index contributed by atoms with van der Waals surface area (Å²) >= 11 is 0. The van der Waals surface area contributed by atoms with Gasteiger partial charge in [-0.05, 0) is 17.7 Å². The Morgan fingerprint density at radius 1 is 1.00 bits per heavy atom. The van der Waals surface area contributed by atoms with Crippen molar-refractivity contribution in [2.75, 3.05) is 14.2 Å². The van der Waals surface area contributed by atoms with E-state index < -0.39 is 17.7 Å². The van der Waals surface area contributed by atoms with Crippen molar-refractivity contribution < 1.29 is 24.2 Å². The summed E-state index contributed by atoms with van der Waals surface area (Å²) < 4.78 is 11.0. The Balaban J connectivity index is 1.94. The molecule has 1 aliphatic heterocycles. The van der Waals surface area contributed by atoms with Gasteiger partial charge in [0.15, 0.2) is 11.5 Å². The minimum atomic E-state index is -0.875. The first-order valence-electron chi connectivity index (χ1n) is 10.0. The molecule has 1 fully saturated rings. The second-order valence-electron chi connectivity index (χ2n) is 7.24. The number of rotatable bonds is 6. The standard InChI is InChI=1S/C25H22N2O5/c1-31-19-12-6-11-18(24(19)32-2)21-20(22(28)17-9-4-3-5-10-17)23(29)25(30)27(21)15-16-8-7-13-26-14-16/h3-14,21,28H,15H2,1-2H3/b22-20+. The molecule has 1 amide bonds. The number of aliphatic hydroxyl groups is 1. The van der Waals surface area contributed by atoms with E-state index in [4.69, 9.17) is 9.47 Å². The van der Waals surface area contributed by atoms with E-state index in [1.165, 1.54) is 19.1 Å². The van der Waals surface area contributed by atoms with Crippen LogP contribution in [0.3, 0.4) is 0 Å². The molecule has 7 heteroatoms. The first kappa shape index (κ1) is 21.1. The minimum absolute atomic E-state index is 0.00311. The second-order valence-corrected chi connectivity index (χ2v) is 7.24. The molecule has 0 aliphatic carbocycles. The lowest BCUT2D eigenvalue weighted by Gasteiger charge is -2.27. The maximum Gasteiger partial charge on any atom is 0.295 e. The normalized spacial score (nSPS) is 17.4. The van der Waals surface area contributed by atoms with E-state index in [0.29, 0.717) is 22.6 Å². The SMILES string of the molecule is COc1cccc(C2/C(=C(\O)c3ccccc3)C(=O)C(=O)N2Cc2cccnc2)c1OC. The van der Waals surface area contributed by atoms with Crippen molar-refractivity contribution in [2.45, 2.75) is 12.6 Å². The Bertz CT molecular complexity index is 1180. The van der Waals surface area contributed by atoms with E-state index >= 15 is 0 Å². The summed E-state index contributed by atoms with van der Waals surface area (Å²) in [5, 5.41) is 11.1. The minimum Gasteiger partial charge on any atom is -0.507 e. The van der Waals surface area contributed by atoms with Gasteiger partial charge in [-0.25, -0.2) is 0 Å². The first-order valence-corrected chi connectivity index (χ1v) is 10.0. The molecule has 0 radical (unpaired) electrons. The number of pyridine rings is 1. The number of aliphatic hydroxyl groups excluding tert-OH is 1. The summed E-state index contributed by atoms with van der Waals surface area (Å²) in [5.74, 6) is -0.868. The van der Waals surface area contributed by atoms with Crippen LogP contribution in [0, 0.1) is 0 Å². The van der Waals surface area contributed by atoms with E-state index in [-0.39, 0.29) is 17.9 Å². The van der Waals surface area contributed by atoms with Gasteiger partial charge in [0.25, 0.3) is 11.7 Å². The zero-order valence-corrected chi connectivity index (χ0v) is 17.7. The van der Waals surface area contributed by atoms with Gasteiger partial charge < -0.3 is 19.5 Å². The second kappa shape index (κ2) is 8.93. The molecule has 1 aromatic heterocycles. The van der Waals surface area contributed by atoms with Crippen LogP contribution in [0.4, 0.5) is 0 Å². The number of ketones is 1. The molecule has 1 aliphatic rings. The Labute approximate surface area is 185 Å². The highest BCUT2D eigenvalue weighted by molar-refractivity contribution is 6.46. The number of Topliss-reactive ketones (excluding diaryl/α,β-unsaturated/α-hetero) is 1. The van der Waals surface area contributed by atoms with E-state index in [1.54, 1.807) is 67.0 Å². The van der Waals surface area contributed by atoms with E-state index in [2.05, 4.69) is 4.98 Å². The van der Waals surface area contributed by atoms with Crippen molar-refractivity contribution in [3.8, 4) is 11.5 Å². The maximum atomic E-state index is 13.2. The van der Waals surface area contributed by atoms with Crippen LogP contribution in [0.1, 0.15) is 22.7 Å². The van der Waals surface area contributed by atoms with Gasteiger partial charge in [0, 0.05) is 30.1 Å². The topological polar surface area (TPSA) is 89.0 Å². The lowest BCUT2D eigenvalue weighted by molar-refractivity contribution is -0.140. The number of benzene rings is 2. The number of ether oxygens (including phenoxy) is 2. The number of amides is 1. The molecule has 7 nitrogen and oxygen atoms in total. The molecule has 162 valence electrons. The predicted molar refractivity (Wildman–Crippen MR) is 118 cm³/mol. The molecule has 2 aromatic carbocycles. The Morgan fingerprint density at radius 2 is 1.78 bits per heavy atom. The molecule has 0 spiro atoms. The number of methoxy groups -OCH3 is 2. The largest absolute Gasteiger partial charge is 0.507 e. The van der Waals surface area contributed by atoms with Crippen molar-refractivity contribution in [3.05, 3.63) is 95.3 Å². The predicted octanol–water partition coefficient (Wildman–Crippen LogP) is 3.72. The molecule has 32 heavy (non-hydrogen) atoms. The van der Waals surface area contributed by atoms with Crippen LogP contribution in [0.2, 0.25) is 0 Å². The van der Waals surface area contributed by atoms with Gasteiger partial charge in [0.05, 0.1) is 25.8 Å². The molecule has 1 unspecified atom stereocenters. The number of carbonyl (C=O) groups excluding carboxylic acids is 2. The zero-order valence-electron chi connectivity index (χ0n) is 17.7. The molecule has 4 rings (SSSR count). The fourth-order valence-corrected chi connectivity index (χ4v) is 3.93. The van der Waals surface area contributed by atoms with Crippen molar-refractivity contribution in [3.63, 3.8) is 0 Å². The Morgan fingerprint density at radius 3 is 2.44 bits per heavy atom. The number of hydrogen-bond donors (Lipinski definition) is 1. The number of carbonyl (C=O) groups is 2. The van der Waals surface area contributed by atoms with E-state index in [0.717, 1.165) is 5.56 Å². The number of aromatic nitrogens is 1. The fraction of sp³-hybridized carbons (Fsp3) is 0.160. The number of hydrogen-bond acceptors (Lipinski definition) is 6. The van der Waals surface area contributed by atoms with Gasteiger partial charge in [-0.2, -0.15) is 0 Å². The van der Waals surface area contributed by atoms with Crippen LogP contribution in [-0.4, -0.2) is 40.9 Å². The van der Waals surface area contributed by atoms with Crippen LogP contribution >= 0.6 is 0 Å². The summed E-state index contributed by atoms with van der Waals surface area (Å²) in [6.07, 6.45) is 3.27. The third-order valence-corrected chi connectivity index (χ3v) is 5.39. The summed E-state index contributed by atoms with van der Waals surface area (Å²) in [7, 11) is 3.00. The zero-order chi connectivity index (χ0) is 22.7. The quantitative estimate of drug-likeness (QED) is 0.364. The number of para-hydroxylation sites is 1. The smallest absolute Gasteiger partial charge is 0.295 e. The molecule has 0 saturated carbocycles. The van der Waals surface area contributed by atoms with Gasteiger partial charge >= 0.3 is 0 Å². The van der Waals surface area contributed by atoms with Gasteiger partial charge in [0.2, 0.25) is 0 Å². The molecule has 1 N–H and O–H groups in total. The third-order valence-electron chi connectivity index (χ3n) is 5.39. The Kier molecular flexibility index (Phi) is 5.89.